The van der Waals surface area contributed by atoms with E-state index in [1.807, 2.05) is 18.2 Å². The lowest BCUT2D eigenvalue weighted by Gasteiger charge is -2.33. The van der Waals surface area contributed by atoms with Gasteiger partial charge in [-0.3, -0.25) is 14.6 Å². The molecule has 1 amide bonds. The quantitative estimate of drug-likeness (QED) is 0.734. The minimum absolute atomic E-state index is 0.111. The first-order valence-corrected chi connectivity index (χ1v) is 9.82. The summed E-state index contributed by atoms with van der Waals surface area (Å²) in [4.78, 5) is 21.4. The van der Waals surface area contributed by atoms with Gasteiger partial charge in [0.25, 0.3) is 0 Å². The molecular formula is C20H21FN4OS. The molecule has 0 atom stereocenters. The van der Waals surface area contributed by atoms with E-state index in [4.69, 9.17) is 4.98 Å². The molecule has 3 aromatic rings. The molecule has 1 aliphatic heterocycles. The van der Waals surface area contributed by atoms with Gasteiger partial charge in [-0.05, 0) is 30.3 Å². The van der Waals surface area contributed by atoms with Crippen molar-refractivity contribution in [3.63, 3.8) is 0 Å². The molecule has 1 aliphatic rings. The van der Waals surface area contributed by atoms with Gasteiger partial charge in [-0.15, -0.1) is 11.3 Å². The number of hydrogen-bond donors (Lipinski definition) is 1. The minimum Gasteiger partial charge on any atom is -0.325 e. The Hall–Kier alpha value is -2.35. The molecule has 0 spiro atoms. The number of anilines is 1. The highest BCUT2D eigenvalue weighted by molar-refractivity contribution is 7.18. The van der Waals surface area contributed by atoms with Crippen LogP contribution in [0.2, 0.25) is 0 Å². The summed E-state index contributed by atoms with van der Waals surface area (Å²) in [5.74, 6) is -0.462. The molecular weight excluding hydrogens is 363 g/mol. The summed E-state index contributed by atoms with van der Waals surface area (Å²) < 4.78 is 14.4. The maximum absolute atomic E-state index is 13.2. The van der Waals surface area contributed by atoms with Crippen LogP contribution < -0.4 is 5.32 Å². The van der Waals surface area contributed by atoms with Crippen molar-refractivity contribution < 1.29 is 9.18 Å². The Morgan fingerprint density at radius 1 is 1.07 bits per heavy atom. The molecule has 1 N–H and O–H groups in total. The highest BCUT2D eigenvalue weighted by Crippen LogP contribution is 2.23. The van der Waals surface area contributed by atoms with E-state index in [9.17, 15) is 9.18 Å². The number of benzene rings is 2. The number of amides is 1. The third-order valence-electron chi connectivity index (χ3n) is 4.64. The standard InChI is InChI=1S/C20H21FN4OS/c21-15-4-3-5-16(12-15)22-19(26)13-24-8-10-25(11-9-24)14-20-23-17-6-1-2-7-18(17)27-20/h1-7,12H,8-11,13-14H2,(H,22,26). The Kier molecular flexibility index (Phi) is 5.42. The smallest absolute Gasteiger partial charge is 0.238 e. The summed E-state index contributed by atoms with van der Waals surface area (Å²) >= 11 is 1.74. The summed E-state index contributed by atoms with van der Waals surface area (Å²) in [5.41, 5.74) is 1.56. The third kappa shape index (κ3) is 4.68. The molecule has 1 fully saturated rings. The van der Waals surface area contributed by atoms with Crippen molar-refractivity contribution in [2.24, 2.45) is 0 Å². The van der Waals surface area contributed by atoms with Gasteiger partial charge in [0.1, 0.15) is 10.8 Å². The maximum Gasteiger partial charge on any atom is 0.238 e. The van der Waals surface area contributed by atoms with Crippen LogP contribution in [0, 0.1) is 5.82 Å². The lowest BCUT2D eigenvalue weighted by atomic mass is 10.3. The molecule has 0 radical (unpaired) electrons. The Bertz CT molecular complexity index is 903. The molecule has 0 bridgehead atoms. The highest BCUT2D eigenvalue weighted by Gasteiger charge is 2.20. The van der Waals surface area contributed by atoms with Crippen molar-refractivity contribution in [2.75, 3.05) is 38.0 Å². The minimum atomic E-state index is -0.351. The third-order valence-corrected chi connectivity index (χ3v) is 5.66. The molecule has 7 heteroatoms. The largest absolute Gasteiger partial charge is 0.325 e. The Balaban J connectivity index is 1.25. The summed E-state index contributed by atoms with van der Waals surface area (Å²) in [6, 6.07) is 14.2. The molecule has 2 aromatic carbocycles. The molecule has 27 heavy (non-hydrogen) atoms. The van der Waals surface area contributed by atoms with Gasteiger partial charge in [0.05, 0.1) is 23.3 Å². The topological polar surface area (TPSA) is 48.5 Å². The zero-order valence-electron chi connectivity index (χ0n) is 14.9. The van der Waals surface area contributed by atoms with Crippen LogP contribution in [0.15, 0.2) is 48.5 Å². The maximum atomic E-state index is 13.2. The van der Waals surface area contributed by atoms with E-state index in [0.717, 1.165) is 43.2 Å². The number of para-hydroxylation sites is 1. The van der Waals surface area contributed by atoms with Gasteiger partial charge in [-0.25, -0.2) is 9.37 Å². The molecule has 0 saturated carbocycles. The van der Waals surface area contributed by atoms with Gasteiger partial charge in [-0.2, -0.15) is 0 Å². The fourth-order valence-electron chi connectivity index (χ4n) is 3.25. The number of nitrogens with zero attached hydrogens (tertiary/aromatic N) is 3. The SMILES string of the molecule is O=C(CN1CCN(Cc2nc3ccccc3s2)CC1)Nc1cccc(F)c1. The number of thiazole rings is 1. The molecule has 1 aromatic heterocycles. The summed E-state index contributed by atoms with van der Waals surface area (Å²) in [6.45, 7) is 4.66. The number of carbonyl (C=O) groups excluding carboxylic acids is 1. The van der Waals surface area contributed by atoms with Crippen LogP contribution in [0.25, 0.3) is 10.2 Å². The van der Waals surface area contributed by atoms with Crippen molar-refractivity contribution >= 4 is 33.1 Å². The lowest BCUT2D eigenvalue weighted by molar-refractivity contribution is -0.117. The van der Waals surface area contributed by atoms with E-state index in [1.165, 1.54) is 16.8 Å². The lowest BCUT2D eigenvalue weighted by Crippen LogP contribution is -2.48. The van der Waals surface area contributed by atoms with Crippen LogP contribution in [-0.2, 0) is 11.3 Å². The van der Waals surface area contributed by atoms with Gasteiger partial charge < -0.3 is 5.32 Å². The average molecular weight is 384 g/mol. The van der Waals surface area contributed by atoms with Crippen molar-refractivity contribution in [1.82, 2.24) is 14.8 Å². The van der Waals surface area contributed by atoms with Gasteiger partial charge in [0.15, 0.2) is 0 Å². The van der Waals surface area contributed by atoms with Crippen LogP contribution >= 0.6 is 11.3 Å². The van der Waals surface area contributed by atoms with Gasteiger partial charge in [0, 0.05) is 31.9 Å². The molecule has 5 nitrogen and oxygen atoms in total. The predicted octanol–water partition coefficient (Wildman–Crippen LogP) is 3.19. The second-order valence-corrected chi connectivity index (χ2v) is 7.80. The number of halogens is 1. The monoisotopic (exact) mass is 384 g/mol. The zero-order chi connectivity index (χ0) is 18.6. The van der Waals surface area contributed by atoms with Crippen LogP contribution in [0.1, 0.15) is 5.01 Å². The molecule has 4 rings (SSSR count). The molecule has 1 saturated heterocycles. The van der Waals surface area contributed by atoms with E-state index in [1.54, 1.807) is 23.5 Å². The van der Waals surface area contributed by atoms with Gasteiger partial charge in [-0.1, -0.05) is 18.2 Å². The number of carbonyl (C=O) groups is 1. The zero-order valence-corrected chi connectivity index (χ0v) is 15.7. The van der Waals surface area contributed by atoms with Crippen LogP contribution in [-0.4, -0.2) is 53.4 Å². The first-order valence-electron chi connectivity index (χ1n) is 9.00. The summed E-state index contributed by atoms with van der Waals surface area (Å²) in [7, 11) is 0. The number of rotatable bonds is 5. The van der Waals surface area contributed by atoms with Crippen molar-refractivity contribution in [3.8, 4) is 0 Å². The summed E-state index contributed by atoms with van der Waals surface area (Å²) in [6.07, 6.45) is 0. The second-order valence-electron chi connectivity index (χ2n) is 6.69. The van der Waals surface area contributed by atoms with E-state index >= 15 is 0 Å². The first-order chi connectivity index (χ1) is 13.2. The molecule has 2 heterocycles. The van der Waals surface area contributed by atoms with E-state index in [0.29, 0.717) is 12.2 Å². The van der Waals surface area contributed by atoms with Crippen LogP contribution in [0.5, 0.6) is 0 Å². The van der Waals surface area contributed by atoms with E-state index in [2.05, 4.69) is 21.2 Å². The average Bonchev–Trinajstić information content (AvgIpc) is 3.05. The normalized spacial score (nSPS) is 15.9. The fraction of sp³-hybridized carbons (Fsp3) is 0.300. The molecule has 0 aliphatic carbocycles. The molecule has 0 unspecified atom stereocenters. The van der Waals surface area contributed by atoms with Crippen LogP contribution in [0.4, 0.5) is 10.1 Å². The second kappa shape index (κ2) is 8.12. The number of nitrogens with one attached hydrogen (secondary N) is 1. The Morgan fingerprint density at radius 3 is 2.63 bits per heavy atom. The summed E-state index contributed by atoms with van der Waals surface area (Å²) in [5, 5.41) is 3.89. The number of piperazine rings is 1. The Morgan fingerprint density at radius 2 is 1.85 bits per heavy atom. The fourth-order valence-corrected chi connectivity index (χ4v) is 4.26. The van der Waals surface area contributed by atoms with Gasteiger partial charge >= 0.3 is 0 Å². The Labute approximate surface area is 161 Å². The number of aromatic nitrogens is 1. The van der Waals surface area contributed by atoms with E-state index in [-0.39, 0.29) is 11.7 Å². The first kappa shape index (κ1) is 18.0. The van der Waals surface area contributed by atoms with Crippen molar-refractivity contribution in [1.29, 1.82) is 0 Å². The van der Waals surface area contributed by atoms with E-state index < -0.39 is 0 Å². The van der Waals surface area contributed by atoms with Crippen molar-refractivity contribution in [3.05, 3.63) is 59.4 Å². The van der Waals surface area contributed by atoms with Gasteiger partial charge in [0.2, 0.25) is 5.91 Å². The molecule has 140 valence electrons. The highest BCUT2D eigenvalue weighted by atomic mass is 32.1. The predicted molar refractivity (Wildman–Crippen MR) is 106 cm³/mol. The van der Waals surface area contributed by atoms with Crippen LogP contribution in [0.3, 0.4) is 0 Å². The van der Waals surface area contributed by atoms with Crippen molar-refractivity contribution in [2.45, 2.75) is 6.54 Å². The number of fused-ring (bicyclic) bond motifs is 1. The number of hydrogen-bond acceptors (Lipinski definition) is 5.